The highest BCUT2D eigenvalue weighted by molar-refractivity contribution is 9.10. The molecule has 1 aliphatic heterocycles. The van der Waals surface area contributed by atoms with Crippen molar-refractivity contribution in [2.45, 2.75) is 37.9 Å². The van der Waals surface area contributed by atoms with Crippen LogP contribution in [-0.2, 0) is 4.79 Å². The monoisotopic (exact) mass is 343 g/mol. The Hall–Kier alpha value is -0.940. The minimum atomic E-state index is -2.24. The number of nitrogens with zero attached hydrogens (tertiary/aromatic N) is 1. The van der Waals surface area contributed by atoms with E-state index in [9.17, 15) is 9.90 Å². The van der Waals surface area contributed by atoms with Crippen molar-refractivity contribution in [3.8, 4) is 0 Å². The van der Waals surface area contributed by atoms with Crippen molar-refractivity contribution in [1.82, 2.24) is 4.90 Å². The number of hydrogen-bond donors (Lipinski definition) is 1. The van der Waals surface area contributed by atoms with E-state index in [4.69, 9.17) is 0 Å². The van der Waals surface area contributed by atoms with Gasteiger partial charge in [-0.2, -0.15) is 0 Å². The topological polar surface area (TPSA) is 40.5 Å². The fourth-order valence-corrected chi connectivity index (χ4v) is 2.87. The molecule has 0 unspecified atom stereocenters. The zero-order valence-corrected chi connectivity index (χ0v) is 13.4. The second-order valence-electron chi connectivity index (χ2n) is 6.32. The summed E-state index contributed by atoms with van der Waals surface area (Å²) < 4.78 is 15.9. The molecule has 110 valence electrons. The van der Waals surface area contributed by atoms with Crippen LogP contribution in [0.1, 0.15) is 32.3 Å². The van der Waals surface area contributed by atoms with Gasteiger partial charge >= 0.3 is 5.97 Å². The first-order valence-corrected chi connectivity index (χ1v) is 7.37. The number of aliphatic carboxylic acids is 1. The maximum Gasteiger partial charge on any atom is 0.343 e. The van der Waals surface area contributed by atoms with Crippen LogP contribution in [0, 0.1) is 0 Å². The van der Waals surface area contributed by atoms with E-state index in [0.29, 0.717) is 6.54 Å². The number of rotatable bonds is 2. The average molecular weight is 344 g/mol. The molecule has 0 aliphatic carbocycles. The summed E-state index contributed by atoms with van der Waals surface area (Å²) >= 11 is 3.33. The molecule has 0 bridgehead atoms. The van der Waals surface area contributed by atoms with E-state index >= 15 is 4.39 Å². The summed E-state index contributed by atoms with van der Waals surface area (Å²) in [5.74, 6) is -2.02. The van der Waals surface area contributed by atoms with Crippen molar-refractivity contribution in [3.63, 3.8) is 0 Å². The predicted molar refractivity (Wildman–Crippen MR) is 79.7 cm³/mol. The molecule has 3 nitrogen and oxygen atoms in total. The molecular formula is C15H19BrFNO2. The number of alkyl halides is 1. The highest BCUT2D eigenvalue weighted by Gasteiger charge is 2.55. The van der Waals surface area contributed by atoms with Crippen LogP contribution in [0.4, 0.5) is 4.39 Å². The lowest BCUT2D eigenvalue weighted by atomic mass is 9.86. The molecule has 5 heteroatoms. The standard InChI is InChI=1S/C15H19BrFNO2/c1-14(2,3)18-8-12(15(17,9-18)13(19)20)10-4-6-11(16)7-5-10/h4-7,12H,8-9H2,1-3H3,(H,19,20)/t12-,15-/m0/s1. The van der Waals surface area contributed by atoms with Crippen LogP contribution in [0.2, 0.25) is 0 Å². The van der Waals surface area contributed by atoms with Crippen molar-refractivity contribution < 1.29 is 14.3 Å². The van der Waals surface area contributed by atoms with Gasteiger partial charge in [0.15, 0.2) is 0 Å². The van der Waals surface area contributed by atoms with E-state index in [1.807, 2.05) is 37.8 Å². The Balaban J connectivity index is 2.38. The fourth-order valence-electron chi connectivity index (χ4n) is 2.61. The zero-order chi connectivity index (χ0) is 15.1. The van der Waals surface area contributed by atoms with Crippen molar-refractivity contribution >= 4 is 21.9 Å². The molecule has 1 N–H and O–H groups in total. The summed E-state index contributed by atoms with van der Waals surface area (Å²) in [5.41, 5.74) is -1.76. The summed E-state index contributed by atoms with van der Waals surface area (Å²) in [5, 5.41) is 9.33. The molecule has 20 heavy (non-hydrogen) atoms. The van der Waals surface area contributed by atoms with E-state index in [-0.39, 0.29) is 12.1 Å². The van der Waals surface area contributed by atoms with E-state index in [1.54, 1.807) is 12.1 Å². The molecule has 1 saturated heterocycles. The van der Waals surface area contributed by atoms with Crippen molar-refractivity contribution in [3.05, 3.63) is 34.3 Å². The van der Waals surface area contributed by atoms with Gasteiger partial charge in [-0.25, -0.2) is 9.18 Å². The summed E-state index contributed by atoms with van der Waals surface area (Å²) in [6, 6.07) is 7.21. The first kappa shape index (κ1) is 15.4. The lowest BCUT2D eigenvalue weighted by Gasteiger charge is -2.31. The van der Waals surface area contributed by atoms with Crippen LogP contribution in [0.3, 0.4) is 0 Å². The Morgan fingerprint density at radius 3 is 2.40 bits per heavy atom. The van der Waals surface area contributed by atoms with Gasteiger partial charge in [0.05, 0.1) is 0 Å². The zero-order valence-electron chi connectivity index (χ0n) is 11.9. The van der Waals surface area contributed by atoms with Crippen LogP contribution in [-0.4, -0.2) is 40.3 Å². The third-order valence-electron chi connectivity index (χ3n) is 3.95. The fraction of sp³-hybridized carbons (Fsp3) is 0.533. The lowest BCUT2D eigenvalue weighted by Crippen LogP contribution is -2.44. The van der Waals surface area contributed by atoms with Crippen LogP contribution >= 0.6 is 15.9 Å². The second kappa shape index (κ2) is 5.11. The highest BCUT2D eigenvalue weighted by Crippen LogP contribution is 2.42. The number of hydrogen-bond acceptors (Lipinski definition) is 2. The minimum Gasteiger partial charge on any atom is -0.479 e. The second-order valence-corrected chi connectivity index (χ2v) is 7.24. The minimum absolute atomic E-state index is 0.0768. The van der Waals surface area contributed by atoms with Gasteiger partial charge in [-0.15, -0.1) is 0 Å². The first-order valence-electron chi connectivity index (χ1n) is 6.57. The molecule has 2 rings (SSSR count). The summed E-state index contributed by atoms with van der Waals surface area (Å²) in [4.78, 5) is 13.3. The highest BCUT2D eigenvalue weighted by atomic mass is 79.9. The number of benzene rings is 1. The van der Waals surface area contributed by atoms with Gasteiger partial charge in [-0.3, -0.25) is 4.90 Å². The van der Waals surface area contributed by atoms with Crippen LogP contribution in [0.25, 0.3) is 0 Å². The maximum atomic E-state index is 15.0. The lowest BCUT2D eigenvalue weighted by molar-refractivity contribution is -0.151. The Kier molecular flexibility index (Phi) is 3.95. The third kappa shape index (κ3) is 2.74. The summed E-state index contributed by atoms with van der Waals surface area (Å²) in [6.45, 7) is 6.25. The predicted octanol–water partition coefficient (Wildman–Crippen LogP) is 3.44. The molecule has 0 spiro atoms. The van der Waals surface area contributed by atoms with Crippen molar-refractivity contribution in [2.24, 2.45) is 0 Å². The van der Waals surface area contributed by atoms with E-state index < -0.39 is 17.6 Å². The summed E-state index contributed by atoms with van der Waals surface area (Å²) in [7, 11) is 0. The molecule has 1 aromatic rings. The van der Waals surface area contributed by atoms with Crippen LogP contribution in [0.15, 0.2) is 28.7 Å². The Morgan fingerprint density at radius 2 is 1.95 bits per heavy atom. The third-order valence-corrected chi connectivity index (χ3v) is 4.48. The Morgan fingerprint density at radius 1 is 1.40 bits per heavy atom. The average Bonchev–Trinajstić information content (AvgIpc) is 2.70. The Bertz CT molecular complexity index is 512. The molecule has 0 radical (unpaired) electrons. The van der Waals surface area contributed by atoms with E-state index in [1.165, 1.54) is 0 Å². The van der Waals surface area contributed by atoms with Gasteiger partial charge in [0.1, 0.15) is 0 Å². The Labute approximate surface area is 126 Å². The van der Waals surface area contributed by atoms with Crippen molar-refractivity contribution in [2.75, 3.05) is 13.1 Å². The molecule has 1 fully saturated rings. The van der Waals surface area contributed by atoms with Crippen molar-refractivity contribution in [1.29, 1.82) is 0 Å². The number of halogens is 2. The SMILES string of the molecule is CC(C)(C)N1C[C@@H](c2ccc(Br)cc2)[C@](F)(C(=O)O)C1. The van der Waals surface area contributed by atoms with Gasteiger partial charge in [0.25, 0.3) is 0 Å². The summed E-state index contributed by atoms with van der Waals surface area (Å²) in [6.07, 6.45) is 0. The molecular weight excluding hydrogens is 325 g/mol. The van der Waals surface area contributed by atoms with Crippen LogP contribution in [0.5, 0.6) is 0 Å². The van der Waals surface area contributed by atoms with E-state index in [2.05, 4.69) is 15.9 Å². The largest absolute Gasteiger partial charge is 0.479 e. The molecule has 2 atom stereocenters. The molecule has 1 heterocycles. The number of carboxylic acids is 1. The molecule has 0 aromatic heterocycles. The number of carbonyl (C=O) groups is 1. The molecule has 0 amide bonds. The van der Waals surface area contributed by atoms with E-state index in [0.717, 1.165) is 10.0 Å². The van der Waals surface area contributed by atoms with Gasteiger partial charge in [-0.05, 0) is 38.5 Å². The normalized spacial score (nSPS) is 27.8. The van der Waals surface area contributed by atoms with Gasteiger partial charge in [0.2, 0.25) is 5.67 Å². The van der Waals surface area contributed by atoms with Gasteiger partial charge < -0.3 is 5.11 Å². The molecule has 0 saturated carbocycles. The smallest absolute Gasteiger partial charge is 0.343 e. The number of carboxylic acid groups (broad SMARTS) is 1. The molecule has 1 aromatic carbocycles. The van der Waals surface area contributed by atoms with Gasteiger partial charge in [-0.1, -0.05) is 28.1 Å². The molecule has 1 aliphatic rings. The quantitative estimate of drug-likeness (QED) is 0.894. The number of likely N-dealkylation sites (tertiary alicyclic amines) is 1. The van der Waals surface area contributed by atoms with Crippen LogP contribution < -0.4 is 0 Å². The van der Waals surface area contributed by atoms with Gasteiger partial charge in [0, 0.05) is 29.0 Å². The first-order chi connectivity index (χ1) is 9.14. The maximum absolute atomic E-state index is 15.0.